The number of halogens is 3. The number of anilines is 1. The molecule has 5 nitrogen and oxygen atoms in total. The van der Waals surface area contributed by atoms with Crippen LogP contribution in [0.5, 0.6) is 0 Å². The Labute approximate surface area is 185 Å². The second kappa shape index (κ2) is 10.2. The largest absolute Gasteiger partial charge is 0.417 e. The van der Waals surface area contributed by atoms with Crippen molar-refractivity contribution in [3.8, 4) is 11.3 Å². The third-order valence-electron chi connectivity index (χ3n) is 5.69. The van der Waals surface area contributed by atoms with Gasteiger partial charge in [0.25, 0.3) is 0 Å². The molecule has 3 aromatic rings. The highest BCUT2D eigenvalue weighted by atomic mass is 19.4. The Morgan fingerprint density at radius 3 is 2.41 bits per heavy atom. The van der Waals surface area contributed by atoms with Crippen molar-refractivity contribution in [3.63, 3.8) is 0 Å². The summed E-state index contributed by atoms with van der Waals surface area (Å²) in [6.07, 6.45) is -3.44. The van der Waals surface area contributed by atoms with E-state index in [0.29, 0.717) is 12.3 Å². The summed E-state index contributed by atoms with van der Waals surface area (Å²) in [4.78, 5) is 4.87. The molecular weight excluding hydrogens is 417 g/mol. The summed E-state index contributed by atoms with van der Waals surface area (Å²) in [5.74, 6) is 0.522. The van der Waals surface area contributed by atoms with Gasteiger partial charge in [0.2, 0.25) is 0 Å². The van der Waals surface area contributed by atoms with Crippen LogP contribution < -0.4 is 10.2 Å². The van der Waals surface area contributed by atoms with Crippen LogP contribution in [0.15, 0.2) is 65.2 Å². The molecule has 1 aliphatic heterocycles. The van der Waals surface area contributed by atoms with Gasteiger partial charge >= 0.3 is 6.18 Å². The number of alkyl halides is 3. The average molecular weight is 445 g/mol. The molecule has 2 aromatic carbocycles. The normalized spacial score (nSPS) is 15.3. The number of hydrogen-bond donors (Lipinski definition) is 1. The summed E-state index contributed by atoms with van der Waals surface area (Å²) in [5, 5.41) is 7.13. The second-order valence-corrected chi connectivity index (χ2v) is 7.92. The van der Waals surface area contributed by atoms with Crippen LogP contribution in [-0.2, 0) is 12.7 Å². The highest BCUT2D eigenvalue weighted by molar-refractivity contribution is 5.64. The zero-order valence-corrected chi connectivity index (χ0v) is 17.8. The Morgan fingerprint density at radius 1 is 0.938 bits per heavy atom. The number of hydrogen-bond acceptors (Lipinski definition) is 5. The SMILES string of the molecule is FC(F)(F)c1ccccc1-c1cc(CNCCCN2CCN(c3ccccc3)CC2)on1. The highest BCUT2D eigenvalue weighted by Gasteiger charge is 2.34. The van der Waals surface area contributed by atoms with Gasteiger partial charge in [0, 0.05) is 43.5 Å². The van der Waals surface area contributed by atoms with Crippen molar-refractivity contribution in [2.75, 3.05) is 44.2 Å². The van der Waals surface area contributed by atoms with Crippen molar-refractivity contribution in [2.45, 2.75) is 19.1 Å². The molecule has 0 radical (unpaired) electrons. The molecule has 4 rings (SSSR count). The van der Waals surface area contributed by atoms with Gasteiger partial charge in [-0.1, -0.05) is 41.6 Å². The Bertz CT molecular complexity index is 982. The Balaban J connectivity index is 1.18. The minimum Gasteiger partial charge on any atom is -0.369 e. The zero-order valence-electron chi connectivity index (χ0n) is 17.8. The first kappa shape index (κ1) is 22.4. The number of nitrogens with one attached hydrogen (secondary N) is 1. The Morgan fingerprint density at radius 2 is 1.66 bits per heavy atom. The summed E-state index contributed by atoms with van der Waals surface area (Å²) in [6, 6.07) is 17.4. The molecule has 170 valence electrons. The van der Waals surface area contributed by atoms with E-state index in [1.807, 2.05) is 6.07 Å². The van der Waals surface area contributed by atoms with E-state index in [1.165, 1.54) is 17.8 Å². The van der Waals surface area contributed by atoms with Gasteiger partial charge in [-0.25, -0.2) is 0 Å². The summed E-state index contributed by atoms with van der Waals surface area (Å²) < 4.78 is 44.9. The standard InChI is InChI=1S/C24H27F3N4O/c25-24(26,27)22-10-5-4-9-21(22)23-17-20(32-29-23)18-28-11-6-12-30-13-15-31(16-14-30)19-7-2-1-3-8-19/h1-5,7-10,17,28H,6,11-16,18H2. The molecule has 8 heteroatoms. The van der Waals surface area contributed by atoms with Gasteiger partial charge in [0.15, 0.2) is 5.76 Å². The Kier molecular flexibility index (Phi) is 7.12. The molecule has 0 aliphatic carbocycles. The van der Waals surface area contributed by atoms with Crippen LogP contribution in [0, 0.1) is 0 Å². The molecular formula is C24H27F3N4O. The summed E-state index contributed by atoms with van der Waals surface area (Å²) in [6.45, 7) is 6.38. The van der Waals surface area contributed by atoms with Crippen LogP contribution in [0.3, 0.4) is 0 Å². The number of nitrogens with zero attached hydrogens (tertiary/aromatic N) is 3. The van der Waals surface area contributed by atoms with Crippen LogP contribution in [0.25, 0.3) is 11.3 Å². The first-order chi connectivity index (χ1) is 15.5. The Hall–Kier alpha value is -2.84. The number of aromatic nitrogens is 1. The molecule has 0 spiro atoms. The molecule has 0 atom stereocenters. The van der Waals surface area contributed by atoms with E-state index < -0.39 is 11.7 Å². The lowest BCUT2D eigenvalue weighted by Crippen LogP contribution is -2.46. The monoisotopic (exact) mass is 444 g/mol. The molecule has 1 fully saturated rings. The first-order valence-corrected chi connectivity index (χ1v) is 10.9. The number of benzene rings is 2. The van der Waals surface area contributed by atoms with Crippen LogP contribution in [0.1, 0.15) is 17.7 Å². The fourth-order valence-corrected chi connectivity index (χ4v) is 3.98. The van der Waals surface area contributed by atoms with Gasteiger partial charge < -0.3 is 14.7 Å². The van der Waals surface area contributed by atoms with E-state index in [4.69, 9.17) is 4.52 Å². The van der Waals surface area contributed by atoms with Crippen LogP contribution >= 0.6 is 0 Å². The number of para-hydroxylation sites is 1. The van der Waals surface area contributed by atoms with Crippen molar-refractivity contribution in [3.05, 3.63) is 72.0 Å². The maximum absolute atomic E-state index is 13.2. The van der Waals surface area contributed by atoms with Gasteiger partial charge in [-0.05, 0) is 37.7 Å². The molecule has 2 heterocycles. The molecule has 0 saturated carbocycles. The quantitative estimate of drug-likeness (QED) is 0.512. The lowest BCUT2D eigenvalue weighted by atomic mass is 10.0. The van der Waals surface area contributed by atoms with E-state index in [0.717, 1.165) is 51.8 Å². The van der Waals surface area contributed by atoms with E-state index in [9.17, 15) is 13.2 Å². The van der Waals surface area contributed by atoms with Crippen LogP contribution in [0.2, 0.25) is 0 Å². The molecule has 1 aliphatic rings. The average Bonchev–Trinajstić information content (AvgIpc) is 3.28. The summed E-state index contributed by atoms with van der Waals surface area (Å²) >= 11 is 0. The third-order valence-corrected chi connectivity index (χ3v) is 5.69. The highest BCUT2D eigenvalue weighted by Crippen LogP contribution is 2.36. The summed E-state index contributed by atoms with van der Waals surface area (Å²) in [5.41, 5.74) is 0.800. The number of rotatable bonds is 8. The maximum Gasteiger partial charge on any atom is 0.417 e. The first-order valence-electron chi connectivity index (χ1n) is 10.9. The van der Waals surface area contributed by atoms with Crippen LogP contribution in [-0.4, -0.2) is 49.3 Å². The van der Waals surface area contributed by atoms with Gasteiger partial charge in [-0.15, -0.1) is 0 Å². The van der Waals surface area contributed by atoms with Gasteiger partial charge in [0.05, 0.1) is 12.1 Å². The second-order valence-electron chi connectivity index (χ2n) is 7.92. The van der Waals surface area contributed by atoms with Crippen molar-refractivity contribution in [1.82, 2.24) is 15.4 Å². The van der Waals surface area contributed by atoms with Crippen molar-refractivity contribution >= 4 is 5.69 Å². The predicted octanol–water partition coefficient (Wildman–Crippen LogP) is 4.66. The molecule has 0 unspecified atom stereocenters. The smallest absolute Gasteiger partial charge is 0.369 e. The minimum atomic E-state index is -4.43. The molecule has 1 N–H and O–H groups in total. The molecule has 0 amide bonds. The van der Waals surface area contributed by atoms with Crippen molar-refractivity contribution in [2.24, 2.45) is 0 Å². The van der Waals surface area contributed by atoms with Crippen LogP contribution in [0.4, 0.5) is 18.9 Å². The summed E-state index contributed by atoms with van der Waals surface area (Å²) in [7, 11) is 0. The third kappa shape index (κ3) is 5.69. The van der Waals surface area contributed by atoms with E-state index in [1.54, 1.807) is 12.1 Å². The van der Waals surface area contributed by atoms with Crippen molar-refractivity contribution in [1.29, 1.82) is 0 Å². The van der Waals surface area contributed by atoms with Gasteiger partial charge in [-0.2, -0.15) is 13.2 Å². The fraction of sp³-hybridized carbons (Fsp3) is 0.375. The van der Waals surface area contributed by atoms with Gasteiger partial charge in [-0.3, -0.25) is 4.90 Å². The van der Waals surface area contributed by atoms with E-state index in [2.05, 4.69) is 44.5 Å². The van der Waals surface area contributed by atoms with Crippen molar-refractivity contribution < 1.29 is 17.7 Å². The molecule has 32 heavy (non-hydrogen) atoms. The fourth-order valence-electron chi connectivity index (χ4n) is 3.98. The topological polar surface area (TPSA) is 44.5 Å². The zero-order chi connectivity index (χ0) is 22.4. The lowest BCUT2D eigenvalue weighted by Gasteiger charge is -2.36. The maximum atomic E-state index is 13.2. The predicted molar refractivity (Wildman–Crippen MR) is 118 cm³/mol. The minimum absolute atomic E-state index is 0.0321. The lowest BCUT2D eigenvalue weighted by molar-refractivity contribution is -0.137. The van der Waals surface area contributed by atoms with E-state index in [-0.39, 0.29) is 11.3 Å². The van der Waals surface area contributed by atoms with E-state index >= 15 is 0 Å². The number of piperazine rings is 1. The molecule has 1 saturated heterocycles. The molecule has 0 bridgehead atoms. The van der Waals surface area contributed by atoms with Gasteiger partial charge in [0.1, 0.15) is 5.69 Å². The molecule has 1 aromatic heterocycles.